The van der Waals surface area contributed by atoms with Crippen LogP contribution in [-0.4, -0.2) is 26.0 Å². The first-order valence-corrected chi connectivity index (χ1v) is 8.11. The molecule has 0 aliphatic carbocycles. The number of carbonyl (C=O) groups is 1. The number of ketones is 1. The number of benzene rings is 2. The summed E-state index contributed by atoms with van der Waals surface area (Å²) in [6.07, 6.45) is 2.20. The molecule has 0 saturated heterocycles. The second-order valence-corrected chi connectivity index (χ2v) is 6.21. The molecule has 0 amide bonds. The van der Waals surface area contributed by atoms with Crippen molar-refractivity contribution in [1.29, 1.82) is 0 Å². The molecule has 3 heteroatoms. The fourth-order valence-electron chi connectivity index (χ4n) is 3.34. The third-order valence-electron chi connectivity index (χ3n) is 4.58. The van der Waals surface area contributed by atoms with E-state index in [1.54, 1.807) is 7.11 Å². The predicted octanol–water partition coefficient (Wildman–Crippen LogP) is 3.95. The zero-order valence-corrected chi connectivity index (χ0v) is 14.1. The Kier molecular flexibility index (Phi) is 4.37. The fraction of sp³-hybridized carbons (Fsp3) is 0.350. The maximum absolute atomic E-state index is 12.8. The molecule has 3 nitrogen and oxygen atoms in total. The van der Waals surface area contributed by atoms with E-state index in [2.05, 4.69) is 23.1 Å². The van der Waals surface area contributed by atoms with Crippen LogP contribution >= 0.6 is 0 Å². The van der Waals surface area contributed by atoms with Gasteiger partial charge < -0.3 is 9.64 Å². The summed E-state index contributed by atoms with van der Waals surface area (Å²) in [4.78, 5) is 15.0. The zero-order valence-electron chi connectivity index (χ0n) is 14.1. The molecule has 3 rings (SSSR count). The Bertz CT molecular complexity index is 736. The van der Waals surface area contributed by atoms with Crippen LogP contribution in [0, 0.1) is 13.8 Å². The van der Waals surface area contributed by atoms with Crippen molar-refractivity contribution in [2.45, 2.75) is 26.7 Å². The van der Waals surface area contributed by atoms with Gasteiger partial charge in [-0.1, -0.05) is 18.2 Å². The number of hydrogen-bond donors (Lipinski definition) is 0. The molecular formula is C20H23NO2. The monoisotopic (exact) mass is 309 g/mol. The zero-order chi connectivity index (χ0) is 16.4. The topological polar surface area (TPSA) is 29.5 Å². The molecule has 1 heterocycles. The van der Waals surface area contributed by atoms with E-state index in [1.165, 1.54) is 11.3 Å². The first kappa shape index (κ1) is 15.6. The average molecular weight is 309 g/mol. The summed E-state index contributed by atoms with van der Waals surface area (Å²) < 4.78 is 5.34. The summed E-state index contributed by atoms with van der Waals surface area (Å²) in [5.41, 5.74) is 5.32. The standard InChI is InChI=1S/C20H23NO2/c1-14-12-20(23-3)15(2)11-17(14)19(22)13-21-10-6-8-16-7-4-5-9-18(16)21/h4-5,7,9,11-12H,6,8,10,13H2,1-3H3. The molecule has 2 aromatic rings. The molecule has 0 bridgehead atoms. The van der Waals surface area contributed by atoms with Gasteiger partial charge in [0.25, 0.3) is 0 Å². The molecule has 0 fully saturated rings. The van der Waals surface area contributed by atoms with Gasteiger partial charge in [-0.3, -0.25) is 4.79 Å². The molecule has 1 aliphatic rings. The smallest absolute Gasteiger partial charge is 0.182 e. The first-order valence-electron chi connectivity index (χ1n) is 8.11. The van der Waals surface area contributed by atoms with Gasteiger partial charge in [0.15, 0.2) is 5.78 Å². The van der Waals surface area contributed by atoms with Crippen LogP contribution in [0.1, 0.15) is 33.5 Å². The first-order chi connectivity index (χ1) is 11.1. The van der Waals surface area contributed by atoms with E-state index in [0.29, 0.717) is 6.54 Å². The molecule has 0 aromatic heterocycles. The highest BCUT2D eigenvalue weighted by Crippen LogP contribution is 2.28. The largest absolute Gasteiger partial charge is 0.496 e. The van der Waals surface area contributed by atoms with E-state index in [0.717, 1.165) is 41.8 Å². The molecule has 0 atom stereocenters. The molecule has 0 saturated carbocycles. The van der Waals surface area contributed by atoms with Crippen LogP contribution in [0.4, 0.5) is 5.69 Å². The summed E-state index contributed by atoms with van der Waals surface area (Å²) in [5.74, 6) is 1.01. The van der Waals surface area contributed by atoms with Crippen LogP contribution in [-0.2, 0) is 6.42 Å². The molecule has 1 aliphatic heterocycles. The summed E-state index contributed by atoms with van der Waals surface area (Å²) >= 11 is 0. The number of para-hydroxylation sites is 1. The second-order valence-electron chi connectivity index (χ2n) is 6.21. The number of aryl methyl sites for hydroxylation is 3. The second kappa shape index (κ2) is 6.45. The van der Waals surface area contributed by atoms with Gasteiger partial charge in [-0.05, 0) is 61.6 Å². The van der Waals surface area contributed by atoms with Crippen LogP contribution < -0.4 is 9.64 Å². The average Bonchev–Trinajstić information content (AvgIpc) is 2.56. The number of carbonyl (C=O) groups excluding carboxylic acids is 1. The minimum atomic E-state index is 0.171. The highest BCUT2D eigenvalue weighted by Gasteiger charge is 2.20. The fourth-order valence-corrected chi connectivity index (χ4v) is 3.34. The molecular weight excluding hydrogens is 286 g/mol. The van der Waals surface area contributed by atoms with Crippen molar-refractivity contribution in [3.8, 4) is 5.75 Å². The van der Waals surface area contributed by atoms with E-state index >= 15 is 0 Å². The summed E-state index contributed by atoms with van der Waals surface area (Å²) in [5, 5.41) is 0. The SMILES string of the molecule is COc1cc(C)c(C(=O)CN2CCCc3ccccc32)cc1C. The number of fused-ring (bicyclic) bond motifs is 1. The molecule has 0 spiro atoms. The van der Waals surface area contributed by atoms with E-state index in [1.807, 2.05) is 32.0 Å². The van der Waals surface area contributed by atoms with Crippen molar-refractivity contribution in [3.63, 3.8) is 0 Å². The van der Waals surface area contributed by atoms with Crippen molar-refractivity contribution in [2.24, 2.45) is 0 Å². The van der Waals surface area contributed by atoms with Crippen LogP contribution in [0.15, 0.2) is 36.4 Å². The van der Waals surface area contributed by atoms with Crippen molar-refractivity contribution in [1.82, 2.24) is 0 Å². The quantitative estimate of drug-likeness (QED) is 0.801. The Morgan fingerprint density at radius 3 is 2.74 bits per heavy atom. The van der Waals surface area contributed by atoms with E-state index in [9.17, 15) is 4.79 Å². The van der Waals surface area contributed by atoms with Gasteiger partial charge in [-0.25, -0.2) is 0 Å². The Hall–Kier alpha value is -2.29. The summed E-state index contributed by atoms with van der Waals surface area (Å²) in [7, 11) is 1.66. The third-order valence-corrected chi connectivity index (χ3v) is 4.58. The maximum Gasteiger partial charge on any atom is 0.182 e. The van der Waals surface area contributed by atoms with Crippen LogP contribution in [0.3, 0.4) is 0 Å². The molecule has 120 valence electrons. The number of rotatable bonds is 4. The number of nitrogens with zero attached hydrogens (tertiary/aromatic N) is 1. The molecule has 0 N–H and O–H groups in total. The van der Waals surface area contributed by atoms with Crippen LogP contribution in [0.5, 0.6) is 5.75 Å². The highest BCUT2D eigenvalue weighted by atomic mass is 16.5. The van der Waals surface area contributed by atoms with E-state index in [-0.39, 0.29) is 5.78 Å². The lowest BCUT2D eigenvalue weighted by molar-refractivity contribution is 0.0998. The lowest BCUT2D eigenvalue weighted by Gasteiger charge is -2.30. The Morgan fingerprint density at radius 2 is 1.96 bits per heavy atom. The Labute approximate surface area is 137 Å². The van der Waals surface area contributed by atoms with Gasteiger partial charge in [0.2, 0.25) is 0 Å². The van der Waals surface area contributed by atoms with Crippen LogP contribution in [0.2, 0.25) is 0 Å². The Balaban J connectivity index is 1.85. The molecule has 0 radical (unpaired) electrons. The normalized spacial score (nSPS) is 13.6. The van der Waals surface area contributed by atoms with Crippen molar-refractivity contribution < 1.29 is 9.53 Å². The van der Waals surface area contributed by atoms with Crippen molar-refractivity contribution >= 4 is 11.5 Å². The van der Waals surface area contributed by atoms with Gasteiger partial charge >= 0.3 is 0 Å². The highest BCUT2D eigenvalue weighted by molar-refractivity contribution is 6.01. The maximum atomic E-state index is 12.8. The summed E-state index contributed by atoms with van der Waals surface area (Å²) in [6.45, 7) is 5.32. The van der Waals surface area contributed by atoms with Gasteiger partial charge in [0.1, 0.15) is 5.75 Å². The van der Waals surface area contributed by atoms with E-state index < -0.39 is 0 Å². The number of anilines is 1. The van der Waals surface area contributed by atoms with Gasteiger partial charge in [0, 0.05) is 17.8 Å². The third kappa shape index (κ3) is 3.09. The Morgan fingerprint density at radius 1 is 1.17 bits per heavy atom. The lowest BCUT2D eigenvalue weighted by Crippen LogP contribution is -2.34. The minimum Gasteiger partial charge on any atom is -0.496 e. The van der Waals surface area contributed by atoms with Gasteiger partial charge in [0.05, 0.1) is 13.7 Å². The number of methoxy groups -OCH3 is 1. The minimum absolute atomic E-state index is 0.171. The molecule has 2 aromatic carbocycles. The van der Waals surface area contributed by atoms with E-state index in [4.69, 9.17) is 4.74 Å². The molecule has 0 unspecified atom stereocenters. The number of ether oxygens (including phenoxy) is 1. The number of hydrogen-bond acceptors (Lipinski definition) is 3. The van der Waals surface area contributed by atoms with Crippen LogP contribution in [0.25, 0.3) is 0 Å². The summed E-state index contributed by atoms with van der Waals surface area (Å²) in [6, 6.07) is 12.3. The molecule has 23 heavy (non-hydrogen) atoms. The number of Topliss-reactive ketones (excluding diaryl/α,β-unsaturated/α-hetero) is 1. The van der Waals surface area contributed by atoms with Crippen molar-refractivity contribution in [3.05, 3.63) is 58.7 Å². The van der Waals surface area contributed by atoms with Gasteiger partial charge in [-0.15, -0.1) is 0 Å². The van der Waals surface area contributed by atoms with Crippen molar-refractivity contribution in [2.75, 3.05) is 25.1 Å². The lowest BCUT2D eigenvalue weighted by atomic mass is 9.98. The van der Waals surface area contributed by atoms with Gasteiger partial charge in [-0.2, -0.15) is 0 Å². The predicted molar refractivity (Wildman–Crippen MR) is 93.8 cm³/mol.